The fourth-order valence-electron chi connectivity index (χ4n) is 1.92. The number of rotatable bonds is 2. The molecule has 22 heavy (non-hydrogen) atoms. The number of fused-ring (bicyclic) bond motifs is 1. The fourth-order valence-corrected chi connectivity index (χ4v) is 3.06. The zero-order valence-electron chi connectivity index (χ0n) is 11.4. The Morgan fingerprint density at radius 2 is 2.14 bits per heavy atom. The zero-order valence-corrected chi connectivity index (χ0v) is 13.0. The Labute approximate surface area is 135 Å². The SMILES string of the molecule is Cc1nc(C(=O)Nc2nc3ccc(Cl)cc3s2)ccc1C#N. The zero-order chi connectivity index (χ0) is 15.7. The molecule has 0 saturated heterocycles. The second kappa shape index (κ2) is 5.72. The average molecular weight is 329 g/mol. The number of thiazole rings is 1. The van der Waals surface area contributed by atoms with Crippen LogP contribution in [0.3, 0.4) is 0 Å². The van der Waals surface area contributed by atoms with E-state index in [0.29, 0.717) is 21.4 Å². The lowest BCUT2D eigenvalue weighted by molar-refractivity contribution is 0.102. The molecule has 0 bridgehead atoms. The van der Waals surface area contributed by atoms with Gasteiger partial charge in [-0.3, -0.25) is 10.1 Å². The Hall–Kier alpha value is -2.49. The van der Waals surface area contributed by atoms with Crippen molar-refractivity contribution in [1.82, 2.24) is 9.97 Å². The van der Waals surface area contributed by atoms with Gasteiger partial charge in [0.25, 0.3) is 5.91 Å². The standard InChI is InChI=1S/C15H9ClN4OS/c1-8-9(7-17)2-4-12(18-8)14(21)20-15-19-11-5-3-10(16)6-13(11)22-15/h2-6H,1H3,(H,19,20,21). The van der Waals surface area contributed by atoms with Gasteiger partial charge >= 0.3 is 0 Å². The molecule has 0 atom stereocenters. The average Bonchev–Trinajstić information content (AvgIpc) is 2.88. The molecule has 0 saturated carbocycles. The number of carbonyl (C=O) groups is 1. The number of amides is 1. The van der Waals surface area contributed by atoms with Gasteiger partial charge < -0.3 is 0 Å². The highest BCUT2D eigenvalue weighted by molar-refractivity contribution is 7.22. The minimum absolute atomic E-state index is 0.244. The molecule has 1 amide bonds. The van der Waals surface area contributed by atoms with Crippen molar-refractivity contribution in [3.63, 3.8) is 0 Å². The number of nitrogens with one attached hydrogen (secondary N) is 1. The number of pyridine rings is 1. The Bertz CT molecular complexity index is 929. The van der Waals surface area contributed by atoms with Gasteiger partial charge in [0, 0.05) is 5.02 Å². The van der Waals surface area contributed by atoms with Crippen molar-refractivity contribution in [2.45, 2.75) is 6.92 Å². The summed E-state index contributed by atoms with van der Waals surface area (Å²) in [5.41, 5.74) is 1.99. The van der Waals surface area contributed by atoms with E-state index >= 15 is 0 Å². The topological polar surface area (TPSA) is 78.7 Å². The van der Waals surface area contributed by atoms with Crippen LogP contribution < -0.4 is 5.32 Å². The number of halogens is 1. The Balaban J connectivity index is 1.86. The van der Waals surface area contributed by atoms with Crippen molar-refractivity contribution in [2.75, 3.05) is 5.32 Å². The molecular formula is C15H9ClN4OS. The van der Waals surface area contributed by atoms with E-state index < -0.39 is 0 Å². The maximum Gasteiger partial charge on any atom is 0.276 e. The molecule has 1 N–H and O–H groups in total. The monoisotopic (exact) mass is 328 g/mol. The predicted octanol–water partition coefficient (Wildman–Crippen LogP) is 3.78. The van der Waals surface area contributed by atoms with Gasteiger partial charge in [0.2, 0.25) is 0 Å². The number of nitrogens with zero attached hydrogens (tertiary/aromatic N) is 3. The van der Waals surface area contributed by atoms with Crippen LogP contribution in [0.5, 0.6) is 0 Å². The summed E-state index contributed by atoms with van der Waals surface area (Å²) < 4.78 is 0.895. The molecular weight excluding hydrogens is 320 g/mol. The minimum Gasteiger partial charge on any atom is -0.296 e. The molecule has 0 aliphatic heterocycles. The highest BCUT2D eigenvalue weighted by Gasteiger charge is 2.12. The third kappa shape index (κ3) is 2.77. The third-order valence-electron chi connectivity index (χ3n) is 3.01. The van der Waals surface area contributed by atoms with E-state index in [1.54, 1.807) is 31.2 Å². The summed E-state index contributed by atoms with van der Waals surface area (Å²) >= 11 is 7.27. The molecule has 7 heteroatoms. The molecule has 0 spiro atoms. The van der Waals surface area contributed by atoms with E-state index in [9.17, 15) is 4.79 Å². The number of nitriles is 1. The van der Waals surface area contributed by atoms with E-state index in [-0.39, 0.29) is 11.6 Å². The van der Waals surface area contributed by atoms with Crippen molar-refractivity contribution < 1.29 is 4.79 Å². The van der Waals surface area contributed by atoms with Crippen LogP contribution in [0.15, 0.2) is 30.3 Å². The molecule has 0 fully saturated rings. The van der Waals surface area contributed by atoms with E-state index in [4.69, 9.17) is 16.9 Å². The van der Waals surface area contributed by atoms with Crippen LogP contribution >= 0.6 is 22.9 Å². The van der Waals surface area contributed by atoms with Crippen molar-refractivity contribution in [3.05, 3.63) is 52.3 Å². The number of aryl methyl sites for hydroxylation is 1. The molecule has 3 aromatic rings. The first-order valence-electron chi connectivity index (χ1n) is 6.32. The number of anilines is 1. The summed E-state index contributed by atoms with van der Waals surface area (Å²) in [5.74, 6) is -0.363. The quantitative estimate of drug-likeness (QED) is 0.776. The lowest BCUT2D eigenvalue weighted by atomic mass is 10.2. The van der Waals surface area contributed by atoms with Crippen LogP contribution in [0.2, 0.25) is 5.02 Å². The highest BCUT2D eigenvalue weighted by atomic mass is 35.5. The van der Waals surface area contributed by atoms with Gasteiger partial charge in [0.1, 0.15) is 11.8 Å². The largest absolute Gasteiger partial charge is 0.296 e. The summed E-state index contributed by atoms with van der Waals surface area (Å²) in [6.45, 7) is 1.69. The number of aromatic nitrogens is 2. The molecule has 2 aromatic heterocycles. The molecule has 0 aliphatic rings. The second-order valence-corrected chi connectivity index (χ2v) is 5.99. The molecule has 2 heterocycles. The van der Waals surface area contributed by atoms with Crippen LogP contribution in [-0.2, 0) is 0 Å². The van der Waals surface area contributed by atoms with E-state index in [1.165, 1.54) is 17.4 Å². The predicted molar refractivity (Wildman–Crippen MR) is 86.3 cm³/mol. The van der Waals surface area contributed by atoms with Gasteiger partial charge in [0.15, 0.2) is 5.13 Å². The third-order valence-corrected chi connectivity index (χ3v) is 4.18. The summed E-state index contributed by atoms with van der Waals surface area (Å²) in [5, 5.41) is 12.7. The molecule has 108 valence electrons. The molecule has 0 unspecified atom stereocenters. The van der Waals surface area contributed by atoms with Gasteiger partial charge in [-0.25, -0.2) is 9.97 Å². The van der Waals surface area contributed by atoms with E-state index in [1.807, 2.05) is 6.07 Å². The normalized spacial score (nSPS) is 10.4. The summed E-state index contributed by atoms with van der Waals surface area (Å²) in [6, 6.07) is 10.5. The van der Waals surface area contributed by atoms with Gasteiger partial charge in [-0.1, -0.05) is 22.9 Å². The van der Waals surface area contributed by atoms with E-state index in [2.05, 4.69) is 15.3 Å². The smallest absolute Gasteiger partial charge is 0.276 e. The highest BCUT2D eigenvalue weighted by Crippen LogP contribution is 2.28. The molecule has 0 aliphatic carbocycles. The van der Waals surface area contributed by atoms with E-state index in [0.717, 1.165) is 10.2 Å². The summed E-state index contributed by atoms with van der Waals surface area (Å²) in [6.07, 6.45) is 0. The lowest BCUT2D eigenvalue weighted by Crippen LogP contribution is -2.14. The molecule has 1 aromatic carbocycles. The van der Waals surface area contributed by atoms with Gasteiger partial charge in [-0.05, 0) is 37.3 Å². The first kappa shape index (κ1) is 14.4. The van der Waals surface area contributed by atoms with Crippen LogP contribution in [0.1, 0.15) is 21.7 Å². The van der Waals surface area contributed by atoms with Crippen LogP contribution in [0.4, 0.5) is 5.13 Å². The molecule has 0 radical (unpaired) electrons. The summed E-state index contributed by atoms with van der Waals surface area (Å²) in [4.78, 5) is 20.6. The Kier molecular flexibility index (Phi) is 3.75. The first-order chi connectivity index (χ1) is 10.6. The number of benzene rings is 1. The van der Waals surface area contributed by atoms with Crippen molar-refractivity contribution in [2.24, 2.45) is 0 Å². The number of hydrogen-bond acceptors (Lipinski definition) is 5. The van der Waals surface area contributed by atoms with Crippen molar-refractivity contribution in [1.29, 1.82) is 5.26 Å². The lowest BCUT2D eigenvalue weighted by Gasteiger charge is -2.02. The Morgan fingerprint density at radius 3 is 2.86 bits per heavy atom. The van der Waals surface area contributed by atoms with Crippen LogP contribution in [0.25, 0.3) is 10.2 Å². The number of hydrogen-bond donors (Lipinski definition) is 1. The maximum absolute atomic E-state index is 12.2. The van der Waals surface area contributed by atoms with Gasteiger partial charge in [-0.15, -0.1) is 0 Å². The molecule has 3 rings (SSSR count). The second-order valence-electron chi connectivity index (χ2n) is 4.53. The Morgan fingerprint density at radius 1 is 1.32 bits per heavy atom. The van der Waals surface area contributed by atoms with Crippen molar-refractivity contribution >= 4 is 44.2 Å². The van der Waals surface area contributed by atoms with Crippen LogP contribution in [-0.4, -0.2) is 15.9 Å². The number of carbonyl (C=O) groups excluding carboxylic acids is 1. The van der Waals surface area contributed by atoms with Gasteiger partial charge in [-0.2, -0.15) is 5.26 Å². The fraction of sp³-hybridized carbons (Fsp3) is 0.0667. The maximum atomic E-state index is 12.2. The minimum atomic E-state index is -0.363. The van der Waals surface area contributed by atoms with Crippen molar-refractivity contribution in [3.8, 4) is 6.07 Å². The van der Waals surface area contributed by atoms with Crippen LogP contribution in [0, 0.1) is 18.3 Å². The molecule has 5 nitrogen and oxygen atoms in total. The first-order valence-corrected chi connectivity index (χ1v) is 7.51. The summed E-state index contributed by atoms with van der Waals surface area (Å²) in [7, 11) is 0. The van der Waals surface area contributed by atoms with Gasteiger partial charge in [0.05, 0.1) is 21.5 Å².